The van der Waals surface area contributed by atoms with Gasteiger partial charge in [-0.25, -0.2) is 4.79 Å². The molecule has 1 rings (SSSR count). The molecule has 0 bridgehead atoms. The topological polar surface area (TPSA) is 52.6 Å². The molecule has 0 aromatic heterocycles. The van der Waals surface area contributed by atoms with E-state index in [-0.39, 0.29) is 12.4 Å². The average molecular weight is 315 g/mol. The maximum absolute atomic E-state index is 11.5. The highest BCUT2D eigenvalue weighted by Gasteiger charge is 2.13. The van der Waals surface area contributed by atoms with Gasteiger partial charge in [0.2, 0.25) is 0 Å². The Kier molecular flexibility index (Phi) is 5.34. The number of aryl methyl sites for hydroxylation is 1. The second-order valence-corrected chi connectivity index (χ2v) is 4.60. The number of hydrogen-bond donors (Lipinski definition) is 0. The lowest BCUT2D eigenvalue weighted by Crippen LogP contribution is -2.15. The quantitative estimate of drug-likeness (QED) is 0.619. The molecule has 0 radical (unpaired) electrons. The Morgan fingerprint density at radius 2 is 2.00 bits per heavy atom. The van der Waals surface area contributed by atoms with Gasteiger partial charge in [0.25, 0.3) is 0 Å². The van der Waals surface area contributed by atoms with Gasteiger partial charge in [-0.3, -0.25) is 4.79 Å². The van der Waals surface area contributed by atoms with E-state index in [1.54, 1.807) is 19.1 Å². The van der Waals surface area contributed by atoms with Gasteiger partial charge in [0.05, 0.1) is 12.2 Å². The molecule has 0 amide bonds. The van der Waals surface area contributed by atoms with Crippen LogP contribution in [0.5, 0.6) is 5.75 Å². The molecule has 98 valence electrons. The van der Waals surface area contributed by atoms with Crippen molar-refractivity contribution in [1.29, 1.82) is 0 Å². The van der Waals surface area contributed by atoms with Crippen LogP contribution in [0, 0.1) is 6.92 Å². The van der Waals surface area contributed by atoms with E-state index in [0.29, 0.717) is 17.9 Å². The van der Waals surface area contributed by atoms with E-state index in [2.05, 4.69) is 15.9 Å². The van der Waals surface area contributed by atoms with Crippen LogP contribution in [-0.2, 0) is 9.53 Å². The van der Waals surface area contributed by atoms with Crippen molar-refractivity contribution >= 4 is 27.7 Å². The number of ketones is 1. The fourth-order valence-corrected chi connectivity index (χ4v) is 1.73. The molecule has 0 aliphatic carbocycles. The molecule has 0 unspecified atom stereocenters. The van der Waals surface area contributed by atoms with Crippen molar-refractivity contribution in [2.45, 2.75) is 20.8 Å². The minimum atomic E-state index is -0.451. The highest BCUT2D eigenvalue weighted by molar-refractivity contribution is 9.10. The van der Waals surface area contributed by atoms with E-state index >= 15 is 0 Å². The van der Waals surface area contributed by atoms with Gasteiger partial charge in [-0.15, -0.1) is 0 Å². The lowest BCUT2D eigenvalue weighted by atomic mass is 10.1. The third-order valence-electron chi connectivity index (χ3n) is 2.29. The number of ether oxygens (including phenoxy) is 2. The Labute approximate surface area is 114 Å². The Morgan fingerprint density at radius 3 is 2.56 bits per heavy atom. The number of rotatable bonds is 5. The number of carbonyl (C=O) groups excluding carboxylic acids is 2. The van der Waals surface area contributed by atoms with Gasteiger partial charge < -0.3 is 9.47 Å². The van der Waals surface area contributed by atoms with Crippen molar-refractivity contribution in [2.24, 2.45) is 0 Å². The maximum Gasteiger partial charge on any atom is 0.344 e. The summed E-state index contributed by atoms with van der Waals surface area (Å²) in [5.74, 6) is -0.168. The van der Waals surface area contributed by atoms with Crippen LogP contribution in [0.2, 0.25) is 0 Å². The Morgan fingerprint density at radius 1 is 1.33 bits per heavy atom. The minimum Gasteiger partial charge on any atom is -0.481 e. The molecule has 0 saturated heterocycles. The summed E-state index contributed by atoms with van der Waals surface area (Å²) in [6, 6.07) is 3.41. The lowest BCUT2D eigenvalue weighted by molar-refractivity contribution is -0.145. The summed E-state index contributed by atoms with van der Waals surface area (Å²) in [6.07, 6.45) is 0. The summed E-state index contributed by atoms with van der Waals surface area (Å²) in [6.45, 7) is 5.17. The summed E-state index contributed by atoms with van der Waals surface area (Å²) in [7, 11) is 0. The zero-order valence-corrected chi connectivity index (χ0v) is 12.2. The highest BCUT2D eigenvalue weighted by atomic mass is 79.9. The van der Waals surface area contributed by atoms with Gasteiger partial charge in [-0.1, -0.05) is 15.9 Å². The van der Waals surface area contributed by atoms with Crippen LogP contribution in [0.25, 0.3) is 0 Å². The molecule has 0 aliphatic heterocycles. The molecular weight excluding hydrogens is 300 g/mol. The van der Waals surface area contributed by atoms with Gasteiger partial charge in [0.1, 0.15) is 5.75 Å². The Bertz CT molecular complexity index is 468. The molecule has 1 aromatic rings. The monoisotopic (exact) mass is 314 g/mol. The molecule has 0 atom stereocenters. The number of Topliss-reactive ketones (excluding diaryl/α,β-unsaturated/α-hetero) is 1. The molecule has 0 heterocycles. The molecule has 0 spiro atoms. The average Bonchev–Trinajstić information content (AvgIpc) is 2.30. The van der Waals surface area contributed by atoms with Gasteiger partial charge in [-0.05, 0) is 38.5 Å². The van der Waals surface area contributed by atoms with Crippen molar-refractivity contribution < 1.29 is 19.1 Å². The van der Waals surface area contributed by atoms with Crippen LogP contribution < -0.4 is 4.74 Å². The van der Waals surface area contributed by atoms with Crippen molar-refractivity contribution in [2.75, 3.05) is 13.2 Å². The predicted octanol–water partition coefficient (Wildman–Crippen LogP) is 2.90. The number of benzene rings is 1. The van der Waals surface area contributed by atoms with Crippen LogP contribution in [0.3, 0.4) is 0 Å². The van der Waals surface area contributed by atoms with Gasteiger partial charge in [0, 0.05) is 4.47 Å². The van der Waals surface area contributed by atoms with Crippen molar-refractivity contribution in [1.82, 2.24) is 0 Å². The zero-order valence-electron chi connectivity index (χ0n) is 10.6. The number of halogens is 1. The van der Waals surface area contributed by atoms with E-state index in [1.165, 1.54) is 6.92 Å². The molecule has 1 aromatic carbocycles. The molecule has 0 saturated carbocycles. The third-order valence-corrected chi connectivity index (χ3v) is 3.15. The van der Waals surface area contributed by atoms with E-state index in [4.69, 9.17) is 9.47 Å². The van der Waals surface area contributed by atoms with E-state index in [9.17, 15) is 9.59 Å². The first kappa shape index (κ1) is 14.7. The van der Waals surface area contributed by atoms with Crippen LogP contribution in [-0.4, -0.2) is 25.0 Å². The molecule has 0 fully saturated rings. The summed E-state index contributed by atoms with van der Waals surface area (Å²) < 4.78 is 10.9. The summed E-state index contributed by atoms with van der Waals surface area (Å²) >= 11 is 3.35. The standard InChI is InChI=1S/C13H15BrO4/c1-4-17-13(16)7-18-12-5-8(2)11(14)6-10(12)9(3)15/h5-6H,4,7H2,1-3H3. The first-order valence-electron chi connectivity index (χ1n) is 5.55. The summed E-state index contributed by atoms with van der Waals surface area (Å²) in [5.41, 5.74) is 1.37. The van der Waals surface area contributed by atoms with Gasteiger partial charge in [0.15, 0.2) is 12.4 Å². The molecule has 4 nitrogen and oxygen atoms in total. The molecular formula is C13H15BrO4. The Balaban J connectivity index is 2.90. The fourth-order valence-electron chi connectivity index (χ4n) is 1.39. The highest BCUT2D eigenvalue weighted by Crippen LogP contribution is 2.27. The van der Waals surface area contributed by atoms with E-state index in [0.717, 1.165) is 10.0 Å². The predicted molar refractivity (Wildman–Crippen MR) is 71.0 cm³/mol. The SMILES string of the molecule is CCOC(=O)COc1cc(C)c(Br)cc1C(C)=O. The van der Waals surface area contributed by atoms with E-state index in [1.807, 2.05) is 6.92 Å². The third kappa shape index (κ3) is 3.84. The summed E-state index contributed by atoms with van der Waals surface area (Å²) in [4.78, 5) is 22.7. The van der Waals surface area contributed by atoms with Crippen LogP contribution in [0.1, 0.15) is 29.8 Å². The number of esters is 1. The van der Waals surface area contributed by atoms with Crippen LogP contribution >= 0.6 is 15.9 Å². The van der Waals surface area contributed by atoms with Crippen molar-refractivity contribution in [3.05, 3.63) is 27.7 Å². The fraction of sp³-hybridized carbons (Fsp3) is 0.385. The molecule has 0 aliphatic rings. The summed E-state index contributed by atoms with van der Waals surface area (Å²) in [5, 5.41) is 0. The first-order valence-corrected chi connectivity index (χ1v) is 6.34. The lowest BCUT2D eigenvalue weighted by Gasteiger charge is -2.11. The second-order valence-electron chi connectivity index (χ2n) is 3.75. The number of hydrogen-bond acceptors (Lipinski definition) is 4. The smallest absolute Gasteiger partial charge is 0.344 e. The Hall–Kier alpha value is -1.36. The molecule has 18 heavy (non-hydrogen) atoms. The second kappa shape index (κ2) is 6.54. The van der Waals surface area contributed by atoms with Gasteiger partial charge >= 0.3 is 5.97 Å². The zero-order chi connectivity index (χ0) is 13.7. The van der Waals surface area contributed by atoms with Crippen molar-refractivity contribution in [3.63, 3.8) is 0 Å². The first-order chi connectivity index (χ1) is 8.45. The largest absolute Gasteiger partial charge is 0.481 e. The van der Waals surface area contributed by atoms with Crippen LogP contribution in [0.4, 0.5) is 0 Å². The minimum absolute atomic E-state index is 0.116. The molecule has 5 heteroatoms. The van der Waals surface area contributed by atoms with E-state index < -0.39 is 5.97 Å². The normalized spacial score (nSPS) is 10.0. The van der Waals surface area contributed by atoms with Gasteiger partial charge in [-0.2, -0.15) is 0 Å². The maximum atomic E-state index is 11.5. The molecule has 0 N–H and O–H groups in total. The number of carbonyl (C=O) groups is 2. The van der Waals surface area contributed by atoms with Crippen LogP contribution in [0.15, 0.2) is 16.6 Å². The van der Waals surface area contributed by atoms with Crippen molar-refractivity contribution in [3.8, 4) is 5.75 Å².